The van der Waals surface area contributed by atoms with E-state index in [-0.39, 0.29) is 17.9 Å². The van der Waals surface area contributed by atoms with Gasteiger partial charge in [-0.2, -0.15) is 11.8 Å². The van der Waals surface area contributed by atoms with E-state index in [1.54, 1.807) is 0 Å². The van der Waals surface area contributed by atoms with Crippen molar-refractivity contribution in [3.05, 3.63) is 35.9 Å². The maximum atomic E-state index is 12.1. The van der Waals surface area contributed by atoms with E-state index in [0.29, 0.717) is 13.0 Å². The summed E-state index contributed by atoms with van der Waals surface area (Å²) >= 11 is 1.81. The van der Waals surface area contributed by atoms with Gasteiger partial charge in [0.2, 0.25) is 5.91 Å². The monoisotopic (exact) mass is 278 g/mol. The molecule has 1 aliphatic rings. The third kappa shape index (κ3) is 3.74. The zero-order valence-electron chi connectivity index (χ0n) is 11.4. The Morgan fingerprint density at radius 3 is 2.79 bits per heavy atom. The van der Waals surface area contributed by atoms with Crippen molar-refractivity contribution < 1.29 is 4.79 Å². The number of thioether (sulfide) groups is 1. The Kier molecular flexibility index (Phi) is 5.28. The Balaban J connectivity index is 1.92. The van der Waals surface area contributed by atoms with Crippen molar-refractivity contribution in [3.8, 4) is 0 Å². The molecule has 1 aromatic rings. The number of nitrogens with zero attached hydrogens (tertiary/aromatic N) is 1. The standard InChI is InChI=1S/C15H22N2OS/c1-2-19-9-8-15(18)17-10-13(14(16)11-17)12-6-4-3-5-7-12/h3-7,13-14H,2,8-11,16H2,1H3/t13-,14+/m1/s1. The molecule has 104 valence electrons. The van der Waals surface area contributed by atoms with Gasteiger partial charge in [0, 0.05) is 37.2 Å². The minimum absolute atomic E-state index is 0.0604. The molecule has 0 aliphatic carbocycles. The molecule has 1 aromatic carbocycles. The van der Waals surface area contributed by atoms with E-state index in [4.69, 9.17) is 5.73 Å². The maximum Gasteiger partial charge on any atom is 0.223 e. The van der Waals surface area contributed by atoms with Crippen LogP contribution in [0.4, 0.5) is 0 Å². The molecule has 1 aliphatic heterocycles. The lowest BCUT2D eigenvalue weighted by Crippen LogP contribution is -2.32. The van der Waals surface area contributed by atoms with Crippen molar-refractivity contribution in [1.82, 2.24) is 4.90 Å². The SMILES string of the molecule is CCSCCC(=O)N1C[C@H](c2ccccc2)[C@@H](N)C1. The van der Waals surface area contributed by atoms with Gasteiger partial charge in [-0.05, 0) is 11.3 Å². The summed E-state index contributed by atoms with van der Waals surface area (Å²) in [4.78, 5) is 14.0. The van der Waals surface area contributed by atoms with E-state index in [1.165, 1.54) is 5.56 Å². The first-order valence-electron chi connectivity index (χ1n) is 6.88. The van der Waals surface area contributed by atoms with Gasteiger partial charge in [0.05, 0.1) is 0 Å². The van der Waals surface area contributed by atoms with Crippen LogP contribution < -0.4 is 5.73 Å². The second-order valence-corrected chi connectivity index (χ2v) is 6.32. The van der Waals surface area contributed by atoms with Gasteiger partial charge in [0.25, 0.3) is 0 Å². The lowest BCUT2D eigenvalue weighted by molar-refractivity contribution is -0.129. The molecule has 1 fully saturated rings. The highest BCUT2D eigenvalue weighted by molar-refractivity contribution is 7.99. The van der Waals surface area contributed by atoms with Crippen molar-refractivity contribution in [2.75, 3.05) is 24.6 Å². The van der Waals surface area contributed by atoms with Crippen molar-refractivity contribution in [2.45, 2.75) is 25.3 Å². The summed E-state index contributed by atoms with van der Waals surface area (Å²) in [5, 5.41) is 0. The second-order valence-electron chi connectivity index (χ2n) is 4.93. The summed E-state index contributed by atoms with van der Waals surface area (Å²) in [5.74, 6) is 2.51. The molecule has 2 rings (SSSR count). The van der Waals surface area contributed by atoms with Crippen molar-refractivity contribution in [1.29, 1.82) is 0 Å². The highest BCUT2D eigenvalue weighted by Gasteiger charge is 2.33. The van der Waals surface area contributed by atoms with Crippen LogP contribution in [0.5, 0.6) is 0 Å². The van der Waals surface area contributed by atoms with Crippen LogP contribution in [0.1, 0.15) is 24.8 Å². The second kappa shape index (κ2) is 6.96. The number of hydrogen-bond acceptors (Lipinski definition) is 3. The third-order valence-electron chi connectivity index (χ3n) is 3.61. The van der Waals surface area contributed by atoms with Crippen LogP contribution in [-0.4, -0.2) is 41.4 Å². The smallest absolute Gasteiger partial charge is 0.223 e. The number of likely N-dealkylation sites (tertiary alicyclic amines) is 1. The van der Waals surface area contributed by atoms with E-state index in [1.807, 2.05) is 34.9 Å². The van der Waals surface area contributed by atoms with Gasteiger partial charge in [-0.15, -0.1) is 0 Å². The number of carbonyl (C=O) groups excluding carboxylic acids is 1. The van der Waals surface area contributed by atoms with Crippen LogP contribution in [0.15, 0.2) is 30.3 Å². The fourth-order valence-corrected chi connectivity index (χ4v) is 3.16. The normalized spacial score (nSPS) is 22.7. The van der Waals surface area contributed by atoms with E-state index in [9.17, 15) is 4.79 Å². The Bertz CT molecular complexity index is 410. The molecular weight excluding hydrogens is 256 g/mol. The topological polar surface area (TPSA) is 46.3 Å². The maximum absolute atomic E-state index is 12.1. The largest absolute Gasteiger partial charge is 0.340 e. The quantitative estimate of drug-likeness (QED) is 0.839. The average molecular weight is 278 g/mol. The number of amides is 1. The Labute approximate surface area is 119 Å². The number of hydrogen-bond donors (Lipinski definition) is 1. The van der Waals surface area contributed by atoms with Gasteiger partial charge in [-0.3, -0.25) is 4.79 Å². The molecule has 1 heterocycles. The van der Waals surface area contributed by atoms with E-state index >= 15 is 0 Å². The molecule has 2 N–H and O–H groups in total. The molecule has 0 bridgehead atoms. The molecule has 1 amide bonds. The Hall–Kier alpha value is -1.00. The molecule has 0 spiro atoms. The van der Waals surface area contributed by atoms with Crippen molar-refractivity contribution in [2.24, 2.45) is 5.73 Å². The van der Waals surface area contributed by atoms with Crippen LogP contribution in [0.3, 0.4) is 0 Å². The van der Waals surface area contributed by atoms with Crippen LogP contribution in [0.2, 0.25) is 0 Å². The Morgan fingerprint density at radius 2 is 2.11 bits per heavy atom. The van der Waals surface area contributed by atoms with Gasteiger partial charge < -0.3 is 10.6 Å². The Morgan fingerprint density at radius 1 is 1.37 bits per heavy atom. The van der Waals surface area contributed by atoms with Gasteiger partial charge >= 0.3 is 0 Å². The fraction of sp³-hybridized carbons (Fsp3) is 0.533. The predicted molar refractivity (Wildman–Crippen MR) is 81.4 cm³/mol. The number of rotatable bonds is 5. The van der Waals surface area contributed by atoms with Crippen molar-refractivity contribution >= 4 is 17.7 Å². The highest BCUT2D eigenvalue weighted by atomic mass is 32.2. The molecule has 1 saturated heterocycles. The number of benzene rings is 1. The molecule has 0 aromatic heterocycles. The predicted octanol–water partition coefficient (Wildman–Crippen LogP) is 2.08. The van der Waals surface area contributed by atoms with Gasteiger partial charge in [0.1, 0.15) is 0 Å². The first-order chi connectivity index (χ1) is 9.22. The molecule has 0 radical (unpaired) electrons. The lowest BCUT2D eigenvalue weighted by atomic mass is 9.95. The number of carbonyl (C=O) groups is 1. The van der Waals surface area contributed by atoms with Gasteiger partial charge in [0.15, 0.2) is 0 Å². The molecule has 4 heteroatoms. The fourth-order valence-electron chi connectivity index (χ4n) is 2.55. The average Bonchev–Trinajstić information content (AvgIpc) is 2.82. The summed E-state index contributed by atoms with van der Waals surface area (Å²) in [5.41, 5.74) is 7.44. The van der Waals surface area contributed by atoms with Gasteiger partial charge in [-0.1, -0.05) is 37.3 Å². The summed E-state index contributed by atoms with van der Waals surface area (Å²) in [6.45, 7) is 3.57. The summed E-state index contributed by atoms with van der Waals surface area (Å²) in [6.07, 6.45) is 0.632. The zero-order chi connectivity index (χ0) is 13.7. The highest BCUT2D eigenvalue weighted by Crippen LogP contribution is 2.26. The van der Waals surface area contributed by atoms with Gasteiger partial charge in [-0.25, -0.2) is 0 Å². The molecular formula is C15H22N2OS. The molecule has 0 unspecified atom stereocenters. The van der Waals surface area contributed by atoms with E-state index in [0.717, 1.165) is 18.1 Å². The first-order valence-corrected chi connectivity index (χ1v) is 8.04. The van der Waals surface area contributed by atoms with Crippen LogP contribution in [0.25, 0.3) is 0 Å². The van der Waals surface area contributed by atoms with Crippen LogP contribution >= 0.6 is 11.8 Å². The summed E-state index contributed by atoms with van der Waals surface area (Å²) in [6, 6.07) is 10.3. The minimum atomic E-state index is 0.0604. The molecule has 19 heavy (non-hydrogen) atoms. The lowest BCUT2D eigenvalue weighted by Gasteiger charge is -2.16. The zero-order valence-corrected chi connectivity index (χ0v) is 12.2. The van der Waals surface area contributed by atoms with E-state index in [2.05, 4.69) is 19.1 Å². The molecule has 0 saturated carbocycles. The number of nitrogens with two attached hydrogens (primary N) is 1. The van der Waals surface area contributed by atoms with E-state index < -0.39 is 0 Å². The van der Waals surface area contributed by atoms with Crippen LogP contribution in [-0.2, 0) is 4.79 Å². The molecule has 3 nitrogen and oxygen atoms in total. The van der Waals surface area contributed by atoms with Crippen LogP contribution in [0, 0.1) is 0 Å². The van der Waals surface area contributed by atoms with Crippen molar-refractivity contribution in [3.63, 3.8) is 0 Å². The minimum Gasteiger partial charge on any atom is -0.340 e. The first kappa shape index (κ1) is 14.4. The molecule has 2 atom stereocenters. The summed E-state index contributed by atoms with van der Waals surface area (Å²) in [7, 11) is 0. The summed E-state index contributed by atoms with van der Waals surface area (Å²) < 4.78 is 0. The third-order valence-corrected chi connectivity index (χ3v) is 4.51.